The van der Waals surface area contributed by atoms with Gasteiger partial charge in [0, 0.05) is 30.3 Å². The fourth-order valence-electron chi connectivity index (χ4n) is 2.16. The lowest BCUT2D eigenvalue weighted by Gasteiger charge is -2.00. The third-order valence-electron chi connectivity index (χ3n) is 3.79. The Morgan fingerprint density at radius 3 is 1.91 bits per heavy atom. The standard InChI is InChI=1S/C11H13N3O2.C10H11N3O3/c1-13-10(15)7-4-8-2-5-9(6-3-8)11(16)14-12;11-12-10(15)8-3-1-2-7(6-8)4-5-9(14)13-16/h2-7H,12H2,1H3,(H,13,15)(H,14,16);1-6,16H,11H2,(H,12,15)(H,13,14)/b7-4+;5-4+. The average molecular weight is 440 g/mol. The number of hydrazine groups is 2. The summed E-state index contributed by atoms with van der Waals surface area (Å²) in [5.74, 6) is 8.39. The number of hydroxylamine groups is 1. The fourth-order valence-corrected chi connectivity index (χ4v) is 2.16. The van der Waals surface area contributed by atoms with Crippen molar-refractivity contribution in [1.82, 2.24) is 21.6 Å². The summed E-state index contributed by atoms with van der Waals surface area (Å²) in [6.45, 7) is 0. The first-order valence-electron chi connectivity index (χ1n) is 9.08. The van der Waals surface area contributed by atoms with Crippen molar-refractivity contribution < 1.29 is 24.4 Å². The minimum atomic E-state index is -0.645. The number of carbonyl (C=O) groups excluding carboxylic acids is 4. The van der Waals surface area contributed by atoms with Crippen LogP contribution in [0.3, 0.4) is 0 Å². The lowest BCUT2D eigenvalue weighted by Crippen LogP contribution is -2.29. The molecule has 0 fully saturated rings. The Balaban J connectivity index is 0.000000320. The molecule has 32 heavy (non-hydrogen) atoms. The van der Waals surface area contributed by atoms with E-state index >= 15 is 0 Å². The van der Waals surface area contributed by atoms with Crippen molar-refractivity contribution in [1.29, 1.82) is 0 Å². The summed E-state index contributed by atoms with van der Waals surface area (Å²) in [5, 5.41) is 10.7. The van der Waals surface area contributed by atoms with Gasteiger partial charge in [-0.05, 0) is 47.5 Å². The Morgan fingerprint density at radius 2 is 1.34 bits per heavy atom. The first-order chi connectivity index (χ1) is 15.3. The van der Waals surface area contributed by atoms with Gasteiger partial charge in [-0.1, -0.05) is 24.3 Å². The number of amides is 4. The maximum Gasteiger partial charge on any atom is 0.267 e. The number of nitrogens with one attached hydrogen (secondary N) is 4. The van der Waals surface area contributed by atoms with Crippen LogP contribution in [-0.2, 0) is 9.59 Å². The Morgan fingerprint density at radius 1 is 0.781 bits per heavy atom. The van der Waals surface area contributed by atoms with Crippen LogP contribution in [0.25, 0.3) is 12.2 Å². The second-order valence-electron chi connectivity index (χ2n) is 5.95. The van der Waals surface area contributed by atoms with Crippen LogP contribution in [0, 0.1) is 0 Å². The first-order valence-corrected chi connectivity index (χ1v) is 9.08. The highest BCUT2D eigenvalue weighted by Gasteiger charge is 2.03. The summed E-state index contributed by atoms with van der Waals surface area (Å²) in [4.78, 5) is 43.9. The van der Waals surface area contributed by atoms with E-state index in [0.717, 1.165) is 11.6 Å². The van der Waals surface area contributed by atoms with Crippen LogP contribution in [0.15, 0.2) is 60.7 Å². The van der Waals surface area contributed by atoms with E-state index in [1.165, 1.54) is 17.6 Å². The zero-order valence-electron chi connectivity index (χ0n) is 17.2. The molecule has 9 N–H and O–H groups in total. The molecule has 0 unspecified atom stereocenters. The molecule has 2 rings (SSSR count). The summed E-state index contributed by atoms with van der Waals surface area (Å²) in [6.07, 6.45) is 5.67. The molecule has 0 aliphatic heterocycles. The fraction of sp³-hybridized carbons (Fsp3) is 0.0476. The van der Waals surface area contributed by atoms with Gasteiger partial charge in [0.1, 0.15) is 0 Å². The Labute approximate surface area is 184 Å². The van der Waals surface area contributed by atoms with Crippen molar-refractivity contribution in [2.45, 2.75) is 0 Å². The minimum Gasteiger partial charge on any atom is -0.356 e. The van der Waals surface area contributed by atoms with Crippen LogP contribution < -0.4 is 33.3 Å². The number of nitrogens with two attached hydrogens (primary N) is 2. The molecule has 11 heteroatoms. The van der Waals surface area contributed by atoms with Crippen LogP contribution in [0.4, 0.5) is 0 Å². The molecular formula is C21H24N6O5. The first kappa shape index (κ1) is 25.7. The van der Waals surface area contributed by atoms with Crippen molar-refractivity contribution >= 4 is 35.8 Å². The van der Waals surface area contributed by atoms with E-state index in [4.69, 9.17) is 16.9 Å². The smallest absolute Gasteiger partial charge is 0.267 e. The third-order valence-corrected chi connectivity index (χ3v) is 3.79. The van der Waals surface area contributed by atoms with E-state index in [1.54, 1.807) is 61.7 Å². The van der Waals surface area contributed by atoms with Crippen molar-refractivity contribution in [2.24, 2.45) is 11.7 Å². The van der Waals surface area contributed by atoms with Gasteiger partial charge in [-0.15, -0.1) is 0 Å². The molecule has 0 radical (unpaired) electrons. The van der Waals surface area contributed by atoms with Crippen LogP contribution in [0.2, 0.25) is 0 Å². The van der Waals surface area contributed by atoms with E-state index < -0.39 is 11.8 Å². The molecule has 0 aliphatic carbocycles. The highest BCUT2D eigenvalue weighted by molar-refractivity contribution is 5.95. The zero-order chi connectivity index (χ0) is 23.9. The Bertz CT molecular complexity index is 1000. The molecule has 0 saturated carbocycles. The summed E-state index contributed by atoms with van der Waals surface area (Å²) < 4.78 is 0. The topological polar surface area (TPSA) is 189 Å². The van der Waals surface area contributed by atoms with Crippen molar-refractivity contribution in [2.75, 3.05) is 7.05 Å². The highest BCUT2D eigenvalue weighted by Crippen LogP contribution is 2.07. The second kappa shape index (κ2) is 13.8. The molecule has 0 spiro atoms. The maximum atomic E-state index is 11.2. The molecule has 4 amide bonds. The highest BCUT2D eigenvalue weighted by atomic mass is 16.5. The molecule has 2 aromatic rings. The molecule has 168 valence electrons. The van der Waals surface area contributed by atoms with Gasteiger partial charge in [0.25, 0.3) is 17.7 Å². The van der Waals surface area contributed by atoms with Gasteiger partial charge < -0.3 is 5.32 Å². The van der Waals surface area contributed by atoms with E-state index in [1.807, 2.05) is 10.9 Å². The van der Waals surface area contributed by atoms with Crippen LogP contribution >= 0.6 is 0 Å². The van der Waals surface area contributed by atoms with Crippen LogP contribution in [0.1, 0.15) is 31.8 Å². The molecule has 0 aliphatic rings. The van der Waals surface area contributed by atoms with E-state index in [0.29, 0.717) is 16.7 Å². The van der Waals surface area contributed by atoms with E-state index in [2.05, 4.69) is 5.32 Å². The van der Waals surface area contributed by atoms with Gasteiger partial charge in [-0.3, -0.25) is 35.2 Å². The zero-order valence-corrected chi connectivity index (χ0v) is 17.2. The second-order valence-corrected chi connectivity index (χ2v) is 5.95. The number of benzene rings is 2. The number of likely N-dealkylation sites (N-methyl/N-ethyl adjacent to an activating group) is 1. The van der Waals surface area contributed by atoms with Gasteiger partial charge in [0.15, 0.2) is 0 Å². The van der Waals surface area contributed by atoms with Crippen molar-refractivity contribution in [3.8, 4) is 0 Å². The molecule has 11 nitrogen and oxygen atoms in total. The van der Waals surface area contributed by atoms with Gasteiger partial charge in [-0.25, -0.2) is 17.2 Å². The van der Waals surface area contributed by atoms with E-state index in [-0.39, 0.29) is 11.8 Å². The minimum absolute atomic E-state index is 0.177. The van der Waals surface area contributed by atoms with Crippen LogP contribution in [0.5, 0.6) is 0 Å². The Kier molecular flexibility index (Phi) is 11.1. The predicted molar refractivity (Wildman–Crippen MR) is 118 cm³/mol. The molecule has 0 bridgehead atoms. The Hall–Kier alpha value is -4.32. The quantitative estimate of drug-likeness (QED) is 0.107. The van der Waals surface area contributed by atoms with Gasteiger partial charge in [0.05, 0.1) is 0 Å². The van der Waals surface area contributed by atoms with Crippen LogP contribution in [-0.4, -0.2) is 35.9 Å². The predicted octanol–water partition coefficient (Wildman–Crippen LogP) is -0.142. The summed E-state index contributed by atoms with van der Waals surface area (Å²) in [5.41, 5.74) is 7.83. The SMILES string of the molecule is CNC(=O)/C=C/c1ccc(C(=O)NN)cc1.NNC(=O)c1cccc(/C=C/C(=O)NO)c1. The van der Waals surface area contributed by atoms with Crippen molar-refractivity contribution in [3.05, 3.63) is 82.9 Å². The monoisotopic (exact) mass is 440 g/mol. The number of nitrogen functional groups attached to an aromatic ring is 2. The van der Waals surface area contributed by atoms with Gasteiger partial charge in [0.2, 0.25) is 5.91 Å². The lowest BCUT2D eigenvalue weighted by atomic mass is 10.1. The average Bonchev–Trinajstić information content (AvgIpc) is 2.85. The van der Waals surface area contributed by atoms with Gasteiger partial charge >= 0.3 is 0 Å². The maximum absolute atomic E-state index is 11.2. The molecule has 0 heterocycles. The number of rotatable bonds is 6. The summed E-state index contributed by atoms with van der Waals surface area (Å²) in [6, 6.07) is 13.2. The van der Waals surface area contributed by atoms with Gasteiger partial charge in [-0.2, -0.15) is 0 Å². The summed E-state index contributed by atoms with van der Waals surface area (Å²) in [7, 11) is 1.56. The van der Waals surface area contributed by atoms with Crippen molar-refractivity contribution in [3.63, 3.8) is 0 Å². The number of carbonyl (C=O) groups is 4. The molecule has 2 aromatic carbocycles. The normalized spacial score (nSPS) is 10.1. The number of hydrogen-bond donors (Lipinski definition) is 7. The molecule has 0 saturated heterocycles. The molecule has 0 aromatic heterocycles. The lowest BCUT2D eigenvalue weighted by molar-refractivity contribution is -0.124. The molecular weight excluding hydrogens is 416 g/mol. The van der Waals surface area contributed by atoms with E-state index in [9.17, 15) is 19.2 Å². The molecule has 0 atom stereocenters. The largest absolute Gasteiger partial charge is 0.356 e. The third kappa shape index (κ3) is 9.00. The number of hydrogen-bond acceptors (Lipinski definition) is 7. The summed E-state index contributed by atoms with van der Waals surface area (Å²) >= 11 is 0.